The van der Waals surface area contributed by atoms with Crippen LogP contribution in [-0.2, 0) is 5.41 Å². The van der Waals surface area contributed by atoms with Gasteiger partial charge in [0.05, 0.1) is 17.1 Å². The lowest BCUT2D eigenvalue weighted by atomic mass is 9.87. The number of hydrogen-bond donors (Lipinski definition) is 2. The van der Waals surface area contributed by atoms with E-state index in [1.165, 1.54) is 0 Å². The normalized spacial score (nSPS) is 23.6. The highest BCUT2D eigenvalue weighted by Gasteiger charge is 2.34. The Labute approximate surface area is 113 Å². The molecule has 1 aliphatic carbocycles. The van der Waals surface area contributed by atoms with Gasteiger partial charge in [0.15, 0.2) is 0 Å². The van der Waals surface area contributed by atoms with Crippen LogP contribution in [0.1, 0.15) is 45.5 Å². The van der Waals surface area contributed by atoms with Gasteiger partial charge in [-0.2, -0.15) is 0 Å². The van der Waals surface area contributed by atoms with E-state index in [4.69, 9.17) is 10.7 Å². The first-order valence-corrected chi connectivity index (χ1v) is 6.82. The van der Waals surface area contributed by atoms with Gasteiger partial charge in [-0.3, -0.25) is 0 Å². The summed E-state index contributed by atoms with van der Waals surface area (Å²) < 4.78 is 2.29. The Kier molecular flexibility index (Phi) is 2.61. The molecule has 0 amide bonds. The summed E-state index contributed by atoms with van der Waals surface area (Å²) in [7, 11) is 0. The second-order valence-electron chi connectivity index (χ2n) is 6.58. The SMILES string of the molecule is CC(C)(C)c1nc2cc(N)ccc2n1C1CC(O)C1. The summed E-state index contributed by atoms with van der Waals surface area (Å²) in [6.45, 7) is 6.51. The zero-order valence-corrected chi connectivity index (χ0v) is 11.7. The van der Waals surface area contributed by atoms with Gasteiger partial charge in [-0.1, -0.05) is 20.8 Å². The van der Waals surface area contributed by atoms with Crippen LogP contribution in [0.2, 0.25) is 0 Å². The molecule has 0 spiro atoms. The number of aliphatic hydroxyl groups excluding tert-OH is 1. The first-order chi connectivity index (χ1) is 8.86. The molecule has 0 unspecified atom stereocenters. The largest absolute Gasteiger partial charge is 0.399 e. The average Bonchev–Trinajstić information content (AvgIpc) is 2.62. The van der Waals surface area contributed by atoms with Crippen molar-refractivity contribution in [3.8, 4) is 0 Å². The van der Waals surface area contributed by atoms with E-state index in [0.717, 1.165) is 35.4 Å². The standard InChI is InChI=1S/C15H21N3O/c1-15(2,3)14-17-12-6-9(16)4-5-13(12)18(14)10-7-11(19)8-10/h4-6,10-11,19H,7-8,16H2,1-3H3. The minimum absolute atomic E-state index is 0.0195. The Bertz CT molecular complexity index is 618. The van der Waals surface area contributed by atoms with Crippen LogP contribution in [0.15, 0.2) is 18.2 Å². The van der Waals surface area contributed by atoms with E-state index in [-0.39, 0.29) is 11.5 Å². The van der Waals surface area contributed by atoms with Gasteiger partial charge in [0.25, 0.3) is 0 Å². The molecule has 0 saturated heterocycles. The molecule has 3 rings (SSSR count). The van der Waals surface area contributed by atoms with Crippen molar-refractivity contribution in [2.24, 2.45) is 0 Å². The number of benzene rings is 1. The van der Waals surface area contributed by atoms with Gasteiger partial charge >= 0.3 is 0 Å². The first-order valence-electron chi connectivity index (χ1n) is 6.82. The van der Waals surface area contributed by atoms with Crippen LogP contribution in [-0.4, -0.2) is 20.8 Å². The Morgan fingerprint density at radius 3 is 2.58 bits per heavy atom. The van der Waals surface area contributed by atoms with Gasteiger partial charge in [0.1, 0.15) is 5.82 Å². The van der Waals surface area contributed by atoms with Crippen LogP contribution in [0.4, 0.5) is 5.69 Å². The molecule has 19 heavy (non-hydrogen) atoms. The monoisotopic (exact) mass is 259 g/mol. The molecule has 0 aliphatic heterocycles. The van der Waals surface area contributed by atoms with E-state index in [1.54, 1.807) is 0 Å². The van der Waals surface area contributed by atoms with Crippen LogP contribution in [0.25, 0.3) is 11.0 Å². The number of aliphatic hydroxyl groups is 1. The maximum atomic E-state index is 9.57. The van der Waals surface area contributed by atoms with Crippen molar-refractivity contribution in [3.05, 3.63) is 24.0 Å². The number of nitrogens with two attached hydrogens (primary N) is 1. The number of imidazole rings is 1. The molecular weight excluding hydrogens is 238 g/mol. The van der Waals surface area contributed by atoms with Gasteiger partial charge in [0.2, 0.25) is 0 Å². The third kappa shape index (κ3) is 2.00. The number of aromatic nitrogens is 2. The summed E-state index contributed by atoms with van der Waals surface area (Å²) in [5, 5.41) is 9.57. The number of rotatable bonds is 1. The van der Waals surface area contributed by atoms with Crippen LogP contribution in [0.3, 0.4) is 0 Å². The zero-order valence-electron chi connectivity index (χ0n) is 11.7. The summed E-state index contributed by atoms with van der Waals surface area (Å²) in [6.07, 6.45) is 1.47. The maximum Gasteiger partial charge on any atom is 0.115 e. The summed E-state index contributed by atoms with van der Waals surface area (Å²) in [4.78, 5) is 4.77. The minimum Gasteiger partial charge on any atom is -0.399 e. The fourth-order valence-electron chi connectivity index (χ4n) is 2.78. The lowest BCUT2D eigenvalue weighted by molar-refractivity contribution is 0.0479. The second-order valence-corrected chi connectivity index (χ2v) is 6.58. The van der Waals surface area contributed by atoms with Crippen molar-refractivity contribution in [2.75, 3.05) is 5.73 Å². The van der Waals surface area contributed by atoms with Crippen molar-refractivity contribution >= 4 is 16.7 Å². The summed E-state index contributed by atoms with van der Waals surface area (Å²) in [5.74, 6) is 1.07. The molecule has 1 aromatic carbocycles. The van der Waals surface area contributed by atoms with Crippen LogP contribution >= 0.6 is 0 Å². The van der Waals surface area contributed by atoms with Crippen molar-refractivity contribution in [3.63, 3.8) is 0 Å². The lowest BCUT2D eigenvalue weighted by Crippen LogP contribution is -2.33. The van der Waals surface area contributed by atoms with Gasteiger partial charge in [-0.15, -0.1) is 0 Å². The van der Waals surface area contributed by atoms with E-state index in [0.29, 0.717) is 6.04 Å². The molecule has 1 fully saturated rings. The highest BCUT2D eigenvalue weighted by molar-refractivity contribution is 5.80. The van der Waals surface area contributed by atoms with E-state index in [1.807, 2.05) is 18.2 Å². The molecule has 4 heteroatoms. The first kappa shape index (κ1) is 12.5. The Morgan fingerprint density at radius 2 is 2.00 bits per heavy atom. The molecule has 102 valence electrons. The van der Waals surface area contributed by atoms with Crippen LogP contribution in [0.5, 0.6) is 0 Å². The molecule has 1 heterocycles. The molecule has 0 bridgehead atoms. The molecule has 1 saturated carbocycles. The van der Waals surface area contributed by atoms with Crippen LogP contribution < -0.4 is 5.73 Å². The Morgan fingerprint density at radius 1 is 1.32 bits per heavy atom. The van der Waals surface area contributed by atoms with Crippen molar-refractivity contribution in [1.82, 2.24) is 9.55 Å². The fourth-order valence-corrected chi connectivity index (χ4v) is 2.78. The number of fused-ring (bicyclic) bond motifs is 1. The second kappa shape index (κ2) is 3.97. The molecule has 0 atom stereocenters. The smallest absolute Gasteiger partial charge is 0.115 e. The minimum atomic E-state index is -0.163. The Hall–Kier alpha value is -1.55. The average molecular weight is 259 g/mol. The summed E-state index contributed by atoms with van der Waals surface area (Å²) in [5.41, 5.74) is 8.64. The number of nitrogens with zero attached hydrogens (tertiary/aromatic N) is 2. The number of nitrogen functional groups attached to an aromatic ring is 1. The van der Waals surface area contributed by atoms with E-state index < -0.39 is 0 Å². The number of hydrogen-bond acceptors (Lipinski definition) is 3. The molecule has 2 aromatic rings. The lowest BCUT2D eigenvalue weighted by Gasteiger charge is -2.36. The molecular formula is C15H21N3O. The third-order valence-electron chi connectivity index (χ3n) is 3.84. The van der Waals surface area contributed by atoms with E-state index in [2.05, 4.69) is 25.3 Å². The maximum absolute atomic E-state index is 9.57. The van der Waals surface area contributed by atoms with Gasteiger partial charge in [-0.25, -0.2) is 4.98 Å². The molecule has 1 aromatic heterocycles. The van der Waals surface area contributed by atoms with Crippen molar-refractivity contribution in [2.45, 2.75) is 51.2 Å². The predicted molar refractivity (Wildman–Crippen MR) is 77.1 cm³/mol. The van der Waals surface area contributed by atoms with Crippen molar-refractivity contribution < 1.29 is 5.11 Å². The van der Waals surface area contributed by atoms with Gasteiger partial charge in [-0.05, 0) is 31.0 Å². The van der Waals surface area contributed by atoms with Crippen molar-refractivity contribution in [1.29, 1.82) is 0 Å². The molecule has 4 nitrogen and oxygen atoms in total. The van der Waals surface area contributed by atoms with Gasteiger partial charge in [0, 0.05) is 17.1 Å². The quantitative estimate of drug-likeness (QED) is 0.774. The van der Waals surface area contributed by atoms with Gasteiger partial charge < -0.3 is 15.4 Å². The summed E-state index contributed by atoms with van der Waals surface area (Å²) >= 11 is 0. The molecule has 3 N–H and O–H groups in total. The fraction of sp³-hybridized carbons (Fsp3) is 0.533. The Balaban J connectivity index is 2.20. The highest BCUT2D eigenvalue weighted by atomic mass is 16.3. The predicted octanol–water partition coefficient (Wildman–Crippen LogP) is 2.61. The third-order valence-corrected chi connectivity index (χ3v) is 3.84. The van der Waals surface area contributed by atoms with E-state index >= 15 is 0 Å². The van der Waals surface area contributed by atoms with Crippen LogP contribution in [0, 0.1) is 0 Å². The topological polar surface area (TPSA) is 64.1 Å². The zero-order chi connectivity index (χ0) is 13.8. The number of anilines is 1. The van der Waals surface area contributed by atoms with E-state index in [9.17, 15) is 5.11 Å². The molecule has 0 radical (unpaired) electrons. The summed E-state index contributed by atoms with van der Waals surface area (Å²) in [6, 6.07) is 6.24. The molecule has 1 aliphatic rings. The highest BCUT2D eigenvalue weighted by Crippen LogP contribution is 2.39.